The van der Waals surface area contributed by atoms with Crippen LogP contribution in [0.3, 0.4) is 0 Å². The maximum atomic E-state index is 13.2. The van der Waals surface area contributed by atoms with Crippen molar-refractivity contribution in [3.8, 4) is 0 Å². The lowest BCUT2D eigenvalue weighted by atomic mass is 9.49. The smallest absolute Gasteiger partial charge is 0.235 e. The Morgan fingerprint density at radius 2 is 1.70 bits per heavy atom. The Morgan fingerprint density at radius 1 is 1.04 bits per heavy atom. The van der Waals surface area contributed by atoms with Crippen LogP contribution in [0, 0.1) is 23.2 Å². The molecule has 0 unspecified atom stereocenters. The molecule has 0 radical (unpaired) electrons. The van der Waals surface area contributed by atoms with Crippen molar-refractivity contribution in [2.45, 2.75) is 51.4 Å². The highest BCUT2D eigenvalue weighted by atomic mass is 32.2. The summed E-state index contributed by atoms with van der Waals surface area (Å²) in [5.74, 6) is 2.54. The van der Waals surface area contributed by atoms with Crippen LogP contribution in [0.25, 0.3) is 0 Å². The third kappa shape index (κ3) is 3.06. The lowest BCUT2D eigenvalue weighted by molar-refractivity contribution is -0.140. The van der Waals surface area contributed by atoms with Gasteiger partial charge in [-0.1, -0.05) is 6.07 Å². The van der Waals surface area contributed by atoms with Gasteiger partial charge in [-0.25, -0.2) is 8.42 Å². The van der Waals surface area contributed by atoms with Crippen LogP contribution >= 0.6 is 0 Å². The Balaban J connectivity index is 1.36. The number of rotatable bonds is 3. The van der Waals surface area contributed by atoms with Crippen molar-refractivity contribution in [3.63, 3.8) is 0 Å². The van der Waals surface area contributed by atoms with Gasteiger partial charge in [0.2, 0.25) is 15.9 Å². The Hall–Kier alpha value is -1.56. The van der Waals surface area contributed by atoms with Crippen molar-refractivity contribution < 1.29 is 13.2 Å². The fourth-order valence-corrected chi connectivity index (χ4v) is 8.10. The molecule has 5 fully saturated rings. The summed E-state index contributed by atoms with van der Waals surface area (Å²) in [5, 5.41) is 3.15. The van der Waals surface area contributed by atoms with E-state index in [0.29, 0.717) is 17.9 Å². The SMILES string of the molecule is O=C(Nc1cccc(N2CCCCS2(=O)=O)c1)C12CC3CC(CC(C3)C1)C2. The molecule has 1 aromatic rings. The molecular weight excluding hydrogens is 360 g/mol. The van der Waals surface area contributed by atoms with Crippen LogP contribution in [0.15, 0.2) is 24.3 Å². The summed E-state index contributed by atoms with van der Waals surface area (Å²) in [7, 11) is -3.24. The van der Waals surface area contributed by atoms with Crippen molar-refractivity contribution in [1.29, 1.82) is 0 Å². The number of sulfonamides is 1. The van der Waals surface area contributed by atoms with E-state index in [1.807, 2.05) is 24.3 Å². The quantitative estimate of drug-likeness (QED) is 0.857. The Morgan fingerprint density at radius 3 is 2.33 bits per heavy atom. The molecular formula is C21H28N2O3S. The van der Waals surface area contributed by atoms with E-state index >= 15 is 0 Å². The molecule has 0 atom stereocenters. The lowest BCUT2D eigenvalue weighted by Gasteiger charge is -2.55. The molecule has 1 amide bonds. The highest BCUT2D eigenvalue weighted by Crippen LogP contribution is 2.60. The van der Waals surface area contributed by atoms with Gasteiger partial charge >= 0.3 is 0 Å². The second-order valence-corrected chi connectivity index (χ2v) is 11.3. The Labute approximate surface area is 161 Å². The molecule has 4 saturated carbocycles. The number of carbonyl (C=O) groups is 1. The standard InChI is InChI=1S/C21H28N2O3S/c24-20(21-12-15-8-16(13-21)10-17(9-15)14-21)22-18-4-3-5-19(11-18)23-6-1-2-7-27(23,25)26/h3-5,11,15-17H,1-2,6-10,12-14H2,(H,22,24). The average Bonchev–Trinajstić information content (AvgIpc) is 2.60. The Kier molecular flexibility index (Phi) is 4.04. The highest BCUT2D eigenvalue weighted by Gasteiger charge is 2.54. The molecule has 0 aromatic heterocycles. The number of amides is 1. The molecule has 4 bridgehead atoms. The number of hydrogen-bond acceptors (Lipinski definition) is 3. The number of carbonyl (C=O) groups excluding carboxylic acids is 1. The van der Waals surface area contributed by atoms with Crippen molar-refractivity contribution in [1.82, 2.24) is 0 Å². The van der Waals surface area contributed by atoms with Gasteiger partial charge in [0.25, 0.3) is 0 Å². The fraction of sp³-hybridized carbons (Fsp3) is 0.667. The summed E-state index contributed by atoms with van der Waals surface area (Å²) in [6.07, 6.45) is 8.64. The van der Waals surface area contributed by atoms with Crippen molar-refractivity contribution in [2.75, 3.05) is 21.9 Å². The van der Waals surface area contributed by atoms with Crippen molar-refractivity contribution >= 4 is 27.3 Å². The molecule has 6 rings (SSSR count). The van der Waals surface area contributed by atoms with Crippen molar-refractivity contribution in [3.05, 3.63) is 24.3 Å². The monoisotopic (exact) mass is 388 g/mol. The van der Waals surface area contributed by atoms with Gasteiger partial charge in [0, 0.05) is 12.2 Å². The van der Waals surface area contributed by atoms with E-state index in [4.69, 9.17) is 0 Å². The molecule has 146 valence electrons. The number of benzene rings is 1. The summed E-state index contributed by atoms with van der Waals surface area (Å²) < 4.78 is 26.3. The second-order valence-electron chi connectivity index (χ2n) is 9.30. The van der Waals surface area contributed by atoms with Crippen LogP contribution in [-0.4, -0.2) is 26.6 Å². The minimum absolute atomic E-state index is 0.153. The molecule has 5 nitrogen and oxygen atoms in total. The highest BCUT2D eigenvalue weighted by molar-refractivity contribution is 7.92. The zero-order valence-corrected chi connectivity index (χ0v) is 16.5. The maximum Gasteiger partial charge on any atom is 0.235 e. The fourth-order valence-electron chi connectivity index (χ4n) is 6.47. The summed E-state index contributed by atoms with van der Waals surface area (Å²) in [6, 6.07) is 7.36. The number of nitrogens with zero attached hydrogens (tertiary/aromatic N) is 1. The minimum atomic E-state index is -3.24. The van der Waals surface area contributed by atoms with Crippen LogP contribution in [0.1, 0.15) is 51.4 Å². The minimum Gasteiger partial charge on any atom is -0.326 e. The zero-order chi connectivity index (χ0) is 18.6. The second kappa shape index (κ2) is 6.23. The van der Waals surface area contributed by atoms with Crippen molar-refractivity contribution in [2.24, 2.45) is 23.2 Å². The molecule has 1 aromatic carbocycles. The van der Waals surface area contributed by atoms with Gasteiger partial charge in [-0.2, -0.15) is 0 Å². The third-order valence-electron chi connectivity index (χ3n) is 7.26. The first-order valence-electron chi connectivity index (χ1n) is 10.4. The first kappa shape index (κ1) is 17.5. The molecule has 1 heterocycles. The molecule has 1 aliphatic heterocycles. The van der Waals surface area contributed by atoms with Gasteiger partial charge in [-0.3, -0.25) is 9.10 Å². The molecule has 1 N–H and O–H groups in total. The number of nitrogens with one attached hydrogen (secondary N) is 1. The molecule has 1 saturated heterocycles. The van der Waals surface area contributed by atoms with Crippen LogP contribution in [0.4, 0.5) is 11.4 Å². The molecule has 5 aliphatic rings. The lowest BCUT2D eigenvalue weighted by Crippen LogP contribution is -2.51. The predicted octanol–water partition coefficient (Wildman–Crippen LogP) is 3.77. The number of hydrogen-bond donors (Lipinski definition) is 1. The molecule has 0 spiro atoms. The van der Waals surface area contributed by atoms with E-state index in [1.165, 1.54) is 23.6 Å². The molecule has 27 heavy (non-hydrogen) atoms. The van der Waals surface area contributed by atoms with Crippen LogP contribution < -0.4 is 9.62 Å². The summed E-state index contributed by atoms with van der Waals surface area (Å²) in [5.41, 5.74) is 1.19. The largest absolute Gasteiger partial charge is 0.326 e. The summed E-state index contributed by atoms with van der Waals surface area (Å²) in [6.45, 7) is 0.523. The predicted molar refractivity (Wildman–Crippen MR) is 106 cm³/mol. The van der Waals surface area contributed by atoms with E-state index in [2.05, 4.69) is 5.32 Å². The first-order valence-corrected chi connectivity index (χ1v) is 12.0. The molecule has 4 aliphatic carbocycles. The van der Waals surface area contributed by atoms with Gasteiger partial charge in [0.1, 0.15) is 0 Å². The van der Waals surface area contributed by atoms with E-state index < -0.39 is 10.0 Å². The van der Waals surface area contributed by atoms with Gasteiger partial charge in [0.05, 0.1) is 16.9 Å². The average molecular weight is 389 g/mol. The van der Waals surface area contributed by atoms with E-state index in [9.17, 15) is 13.2 Å². The normalized spacial score (nSPS) is 36.6. The van der Waals surface area contributed by atoms with Crippen LogP contribution in [0.5, 0.6) is 0 Å². The topological polar surface area (TPSA) is 66.5 Å². The van der Waals surface area contributed by atoms with Gasteiger partial charge < -0.3 is 5.32 Å². The zero-order valence-electron chi connectivity index (χ0n) is 15.7. The Bertz CT molecular complexity index is 829. The summed E-state index contributed by atoms with van der Waals surface area (Å²) >= 11 is 0. The van der Waals surface area contributed by atoms with Gasteiger partial charge in [-0.05, 0) is 87.3 Å². The van der Waals surface area contributed by atoms with E-state index in [0.717, 1.165) is 49.9 Å². The maximum absolute atomic E-state index is 13.2. The third-order valence-corrected chi connectivity index (χ3v) is 9.13. The molecule has 6 heteroatoms. The van der Waals surface area contributed by atoms with E-state index in [1.54, 1.807) is 0 Å². The van der Waals surface area contributed by atoms with Gasteiger partial charge in [-0.15, -0.1) is 0 Å². The van der Waals surface area contributed by atoms with Gasteiger partial charge in [0.15, 0.2) is 0 Å². The van der Waals surface area contributed by atoms with E-state index in [-0.39, 0.29) is 17.1 Å². The van der Waals surface area contributed by atoms with Crippen LogP contribution in [-0.2, 0) is 14.8 Å². The van der Waals surface area contributed by atoms with Crippen LogP contribution in [0.2, 0.25) is 0 Å². The first-order chi connectivity index (χ1) is 12.9. The summed E-state index contributed by atoms with van der Waals surface area (Å²) in [4.78, 5) is 13.2. The number of anilines is 2.